The molecule has 0 bridgehead atoms. The molecule has 2 fully saturated rings. The van der Waals surface area contributed by atoms with Gasteiger partial charge < -0.3 is 9.80 Å². The predicted molar refractivity (Wildman–Crippen MR) is 101 cm³/mol. The van der Waals surface area contributed by atoms with E-state index < -0.39 is 9.84 Å². The van der Waals surface area contributed by atoms with Crippen LogP contribution in [-0.4, -0.2) is 37.1 Å². The first kappa shape index (κ1) is 16.5. The first-order valence-corrected chi connectivity index (χ1v) is 10.2. The number of thiocarbonyl (C=S) groups is 1. The zero-order valence-electron chi connectivity index (χ0n) is 13.6. The molecule has 2 atom stereocenters. The molecule has 2 aromatic rings. The lowest BCUT2D eigenvalue weighted by molar-refractivity contribution is 0.601. The van der Waals surface area contributed by atoms with Gasteiger partial charge in [0, 0.05) is 11.4 Å². The molecule has 2 aliphatic heterocycles. The molecule has 0 unspecified atom stereocenters. The van der Waals surface area contributed by atoms with E-state index in [4.69, 9.17) is 12.2 Å². The minimum absolute atomic E-state index is 0.0531. The van der Waals surface area contributed by atoms with Gasteiger partial charge in [-0.25, -0.2) is 12.8 Å². The maximum atomic E-state index is 13.3. The minimum atomic E-state index is -3.14. The fourth-order valence-electron chi connectivity index (χ4n) is 3.61. The van der Waals surface area contributed by atoms with Gasteiger partial charge in [-0.2, -0.15) is 0 Å². The highest BCUT2D eigenvalue weighted by molar-refractivity contribution is 7.91. The molecule has 4 rings (SSSR count). The molecule has 0 amide bonds. The molecule has 2 saturated heterocycles. The predicted octanol–water partition coefficient (Wildman–Crippen LogP) is 2.91. The van der Waals surface area contributed by atoms with E-state index in [1.165, 1.54) is 12.1 Å². The van der Waals surface area contributed by atoms with Crippen molar-refractivity contribution in [2.75, 3.05) is 21.3 Å². The van der Waals surface area contributed by atoms with Gasteiger partial charge in [-0.3, -0.25) is 0 Å². The highest BCUT2D eigenvalue weighted by Crippen LogP contribution is 2.38. The lowest BCUT2D eigenvalue weighted by atomic mass is 10.1. The molecular weight excluding hydrogens is 359 g/mol. The van der Waals surface area contributed by atoms with Gasteiger partial charge in [0.15, 0.2) is 14.9 Å². The summed E-state index contributed by atoms with van der Waals surface area (Å²) in [6.07, 6.45) is 0. The standard InChI is InChI=1S/C18H17FN2O2S2/c1-12-2-6-14(7-3-12)20-16-10-25(22,23)11-17(16)21(18(20)24)15-8-4-13(19)5-9-15/h2-9,16-17H,10-11H2,1H3/t16-,17+/m0/s1. The Balaban J connectivity index is 1.79. The normalized spacial score (nSPS) is 24.6. The Labute approximate surface area is 151 Å². The average molecular weight is 376 g/mol. The Kier molecular flexibility index (Phi) is 3.81. The van der Waals surface area contributed by atoms with E-state index in [-0.39, 0.29) is 29.4 Å². The van der Waals surface area contributed by atoms with Gasteiger partial charge in [-0.1, -0.05) is 17.7 Å². The third-order valence-corrected chi connectivity index (χ3v) is 6.88. The van der Waals surface area contributed by atoms with Crippen molar-refractivity contribution in [3.63, 3.8) is 0 Å². The smallest absolute Gasteiger partial charge is 0.181 e. The van der Waals surface area contributed by atoms with Crippen LogP contribution in [0, 0.1) is 12.7 Å². The fraction of sp³-hybridized carbons (Fsp3) is 0.278. The van der Waals surface area contributed by atoms with Crippen LogP contribution in [0.15, 0.2) is 48.5 Å². The van der Waals surface area contributed by atoms with Crippen LogP contribution < -0.4 is 9.80 Å². The van der Waals surface area contributed by atoms with Crippen molar-refractivity contribution in [2.45, 2.75) is 19.0 Å². The number of hydrogen-bond acceptors (Lipinski definition) is 3. The number of halogens is 1. The molecule has 0 aromatic heterocycles. The van der Waals surface area contributed by atoms with Gasteiger partial charge in [0.2, 0.25) is 0 Å². The summed E-state index contributed by atoms with van der Waals surface area (Å²) in [4.78, 5) is 3.77. The van der Waals surface area contributed by atoms with E-state index in [1.807, 2.05) is 41.0 Å². The summed E-state index contributed by atoms with van der Waals surface area (Å²) in [5.74, 6) is -0.208. The van der Waals surface area contributed by atoms with E-state index in [0.29, 0.717) is 10.8 Å². The van der Waals surface area contributed by atoms with Crippen LogP contribution in [0.25, 0.3) is 0 Å². The molecule has 0 N–H and O–H groups in total. The highest BCUT2D eigenvalue weighted by Gasteiger charge is 2.52. The molecule has 0 radical (unpaired) electrons. The van der Waals surface area contributed by atoms with Crippen molar-refractivity contribution in [2.24, 2.45) is 0 Å². The SMILES string of the molecule is Cc1ccc(N2C(=S)N(c3ccc(F)cc3)[C@@H]3CS(=O)(=O)C[C@@H]32)cc1. The largest absolute Gasteiger partial charge is 0.312 e. The van der Waals surface area contributed by atoms with Crippen molar-refractivity contribution < 1.29 is 12.8 Å². The molecule has 2 aliphatic rings. The van der Waals surface area contributed by atoms with Crippen molar-refractivity contribution in [1.29, 1.82) is 0 Å². The Morgan fingerprint density at radius 3 is 1.84 bits per heavy atom. The van der Waals surface area contributed by atoms with Crippen LogP contribution in [0.1, 0.15) is 5.56 Å². The third kappa shape index (κ3) is 2.81. The minimum Gasteiger partial charge on any atom is -0.312 e. The maximum absolute atomic E-state index is 13.3. The highest BCUT2D eigenvalue weighted by atomic mass is 32.2. The Hall–Kier alpha value is -1.99. The zero-order chi connectivity index (χ0) is 17.8. The summed E-state index contributed by atoms with van der Waals surface area (Å²) in [6, 6.07) is 13.4. The van der Waals surface area contributed by atoms with E-state index >= 15 is 0 Å². The average Bonchev–Trinajstić information content (AvgIpc) is 2.99. The van der Waals surface area contributed by atoms with Crippen LogP contribution in [0.2, 0.25) is 0 Å². The van der Waals surface area contributed by atoms with Gasteiger partial charge in [-0.15, -0.1) is 0 Å². The number of fused-ring (bicyclic) bond motifs is 1. The van der Waals surface area contributed by atoms with Crippen LogP contribution in [0.3, 0.4) is 0 Å². The molecule has 2 aromatic carbocycles. The topological polar surface area (TPSA) is 40.6 Å². The summed E-state index contributed by atoms with van der Waals surface area (Å²) in [6.45, 7) is 2.00. The van der Waals surface area contributed by atoms with Gasteiger partial charge in [0.25, 0.3) is 0 Å². The number of anilines is 2. The van der Waals surface area contributed by atoms with Gasteiger partial charge >= 0.3 is 0 Å². The maximum Gasteiger partial charge on any atom is 0.181 e. The summed E-state index contributed by atoms with van der Waals surface area (Å²) in [5.41, 5.74) is 2.72. The van der Waals surface area contributed by atoms with E-state index in [1.54, 1.807) is 12.1 Å². The van der Waals surface area contributed by atoms with E-state index in [2.05, 4.69) is 0 Å². The Bertz CT molecular complexity index is 857. The molecule has 0 spiro atoms. The molecule has 0 aliphatic carbocycles. The van der Waals surface area contributed by atoms with Crippen molar-refractivity contribution >= 4 is 38.5 Å². The number of nitrogens with zero attached hydrogens (tertiary/aromatic N) is 2. The van der Waals surface area contributed by atoms with Crippen LogP contribution in [0.5, 0.6) is 0 Å². The second kappa shape index (κ2) is 5.78. The quantitative estimate of drug-likeness (QED) is 0.754. The third-order valence-electron chi connectivity index (χ3n) is 4.79. The molecule has 7 heteroatoms. The van der Waals surface area contributed by atoms with E-state index in [9.17, 15) is 12.8 Å². The Morgan fingerprint density at radius 1 is 0.920 bits per heavy atom. The van der Waals surface area contributed by atoms with E-state index in [0.717, 1.165) is 11.3 Å². The monoisotopic (exact) mass is 376 g/mol. The number of sulfone groups is 1. The molecule has 0 saturated carbocycles. The van der Waals surface area contributed by atoms with Crippen molar-refractivity contribution in [3.8, 4) is 0 Å². The lowest BCUT2D eigenvalue weighted by Crippen LogP contribution is -2.37. The van der Waals surface area contributed by atoms with Crippen LogP contribution in [-0.2, 0) is 9.84 Å². The molecule has 25 heavy (non-hydrogen) atoms. The second-order valence-corrected chi connectivity index (χ2v) is 9.07. The Morgan fingerprint density at radius 2 is 1.36 bits per heavy atom. The molecule has 130 valence electrons. The van der Waals surface area contributed by atoms with Crippen molar-refractivity contribution in [1.82, 2.24) is 0 Å². The fourth-order valence-corrected chi connectivity index (χ4v) is 6.02. The summed E-state index contributed by atoms with van der Waals surface area (Å²) in [5, 5.41) is 0.556. The number of hydrogen-bond donors (Lipinski definition) is 0. The molecular formula is C18H17FN2O2S2. The van der Waals surface area contributed by atoms with Gasteiger partial charge in [-0.05, 0) is 55.5 Å². The van der Waals surface area contributed by atoms with Crippen molar-refractivity contribution in [3.05, 3.63) is 59.9 Å². The first-order chi connectivity index (χ1) is 11.9. The van der Waals surface area contributed by atoms with Crippen LogP contribution in [0.4, 0.5) is 15.8 Å². The summed E-state index contributed by atoms with van der Waals surface area (Å²) in [7, 11) is -3.14. The molecule has 2 heterocycles. The number of rotatable bonds is 2. The lowest BCUT2D eigenvalue weighted by Gasteiger charge is -2.25. The second-order valence-electron chi connectivity index (χ2n) is 6.55. The van der Waals surface area contributed by atoms with Gasteiger partial charge in [0.05, 0.1) is 23.6 Å². The van der Waals surface area contributed by atoms with Crippen LogP contribution >= 0.6 is 12.2 Å². The summed E-state index contributed by atoms with van der Waals surface area (Å²) < 4.78 is 37.8. The first-order valence-electron chi connectivity index (χ1n) is 8.01. The van der Waals surface area contributed by atoms with Gasteiger partial charge in [0.1, 0.15) is 5.82 Å². The zero-order valence-corrected chi connectivity index (χ0v) is 15.2. The molecule has 4 nitrogen and oxygen atoms in total. The number of aryl methyl sites for hydroxylation is 1. The summed E-state index contributed by atoms with van der Waals surface area (Å²) >= 11 is 5.68. The number of benzene rings is 2.